The van der Waals surface area contributed by atoms with Crippen molar-refractivity contribution in [1.82, 2.24) is 25.3 Å². The fourth-order valence-electron chi connectivity index (χ4n) is 3.20. The summed E-state index contributed by atoms with van der Waals surface area (Å²) >= 11 is 0. The quantitative estimate of drug-likeness (QED) is 0.221. The van der Waals surface area contributed by atoms with Crippen LogP contribution in [-0.2, 0) is 13.1 Å². The van der Waals surface area contributed by atoms with Gasteiger partial charge in [-0.05, 0) is 52.3 Å². The van der Waals surface area contributed by atoms with Gasteiger partial charge in [-0.3, -0.25) is 14.6 Å². The maximum atomic E-state index is 4.50. The van der Waals surface area contributed by atoms with E-state index >= 15 is 0 Å². The van der Waals surface area contributed by atoms with Crippen LogP contribution in [0.2, 0.25) is 0 Å². The molecule has 0 fully saturated rings. The van der Waals surface area contributed by atoms with E-state index in [0.29, 0.717) is 6.04 Å². The molecule has 0 radical (unpaired) electrons. The van der Waals surface area contributed by atoms with Gasteiger partial charge in [-0.2, -0.15) is 5.10 Å². The van der Waals surface area contributed by atoms with Crippen molar-refractivity contribution < 1.29 is 0 Å². The summed E-state index contributed by atoms with van der Waals surface area (Å²) < 4.78 is 2.07. The summed E-state index contributed by atoms with van der Waals surface area (Å²) in [5.74, 6) is 0.867. The number of benzene rings is 1. The van der Waals surface area contributed by atoms with Crippen LogP contribution in [0, 0.1) is 13.8 Å². The molecule has 0 aliphatic rings. The van der Waals surface area contributed by atoms with E-state index in [0.717, 1.165) is 50.7 Å². The number of nitrogens with one attached hydrogen (secondary N) is 2. The van der Waals surface area contributed by atoms with E-state index in [9.17, 15) is 0 Å². The first-order chi connectivity index (χ1) is 13.5. The second-order valence-corrected chi connectivity index (χ2v) is 7.47. The molecule has 162 valence electrons. The molecule has 1 aromatic carbocycles. The van der Waals surface area contributed by atoms with Gasteiger partial charge in [-0.1, -0.05) is 30.3 Å². The number of halogens is 1. The largest absolute Gasteiger partial charge is 0.356 e. The molecule has 1 atom stereocenters. The van der Waals surface area contributed by atoms with Crippen molar-refractivity contribution in [2.45, 2.75) is 52.7 Å². The van der Waals surface area contributed by atoms with E-state index < -0.39 is 0 Å². The summed E-state index contributed by atoms with van der Waals surface area (Å²) in [6.07, 6.45) is 2.08. The van der Waals surface area contributed by atoms with Gasteiger partial charge in [0.2, 0.25) is 0 Å². The van der Waals surface area contributed by atoms with Gasteiger partial charge in [0.1, 0.15) is 0 Å². The van der Waals surface area contributed by atoms with Crippen LogP contribution < -0.4 is 10.6 Å². The van der Waals surface area contributed by atoms with Crippen molar-refractivity contribution >= 4 is 29.9 Å². The molecule has 6 nitrogen and oxygen atoms in total. The molecule has 1 unspecified atom stereocenters. The zero-order valence-electron chi connectivity index (χ0n) is 18.5. The summed E-state index contributed by atoms with van der Waals surface area (Å²) in [4.78, 5) is 6.71. The van der Waals surface area contributed by atoms with Crippen molar-refractivity contribution in [3.05, 3.63) is 53.3 Å². The number of aryl methyl sites for hydroxylation is 3. The van der Waals surface area contributed by atoms with E-state index in [1.165, 1.54) is 11.3 Å². The summed E-state index contributed by atoms with van der Waals surface area (Å²) in [6, 6.07) is 13.2. The first kappa shape index (κ1) is 25.4. The van der Waals surface area contributed by atoms with Crippen molar-refractivity contribution in [1.29, 1.82) is 0 Å². The molecular weight excluding hydrogens is 475 g/mol. The van der Waals surface area contributed by atoms with Gasteiger partial charge < -0.3 is 10.6 Å². The normalized spacial score (nSPS) is 12.6. The van der Waals surface area contributed by atoms with E-state index in [-0.39, 0.29) is 24.0 Å². The zero-order valence-corrected chi connectivity index (χ0v) is 20.8. The first-order valence-corrected chi connectivity index (χ1v) is 10.2. The molecule has 2 N–H and O–H groups in total. The molecule has 0 saturated carbocycles. The van der Waals surface area contributed by atoms with Crippen LogP contribution in [0.25, 0.3) is 0 Å². The molecule has 29 heavy (non-hydrogen) atoms. The number of aromatic nitrogens is 2. The Labute approximate surface area is 193 Å². The van der Waals surface area contributed by atoms with Crippen LogP contribution in [0.15, 0.2) is 41.4 Å². The number of rotatable bonds is 10. The third kappa shape index (κ3) is 9.16. The minimum Gasteiger partial charge on any atom is -0.356 e. The second kappa shape index (κ2) is 13.6. The Morgan fingerprint density at radius 2 is 1.86 bits per heavy atom. The minimum absolute atomic E-state index is 0. The Bertz CT molecular complexity index is 728. The zero-order chi connectivity index (χ0) is 20.4. The van der Waals surface area contributed by atoms with Crippen molar-refractivity contribution in [2.24, 2.45) is 4.99 Å². The molecule has 1 aromatic heterocycles. The van der Waals surface area contributed by atoms with Crippen LogP contribution in [0.5, 0.6) is 0 Å². The fourth-order valence-corrected chi connectivity index (χ4v) is 3.20. The minimum atomic E-state index is 0. The van der Waals surface area contributed by atoms with Gasteiger partial charge in [0, 0.05) is 45.0 Å². The average molecular weight is 512 g/mol. The van der Waals surface area contributed by atoms with Crippen LogP contribution in [0.4, 0.5) is 0 Å². The highest BCUT2D eigenvalue weighted by Crippen LogP contribution is 2.08. The Morgan fingerprint density at radius 3 is 2.48 bits per heavy atom. The summed E-state index contributed by atoms with van der Waals surface area (Å²) in [5.41, 5.74) is 3.65. The van der Waals surface area contributed by atoms with Gasteiger partial charge in [0.05, 0.1) is 5.69 Å². The maximum absolute atomic E-state index is 4.50. The molecule has 2 rings (SSSR count). The Hall–Kier alpha value is -1.61. The first-order valence-electron chi connectivity index (χ1n) is 10.2. The third-order valence-corrected chi connectivity index (χ3v) is 5.05. The highest BCUT2D eigenvalue weighted by Gasteiger charge is 2.09. The molecular formula is C22H37IN6. The molecule has 0 amide bonds. The molecule has 0 saturated heterocycles. The lowest BCUT2D eigenvalue weighted by atomic mass is 10.1. The number of nitrogens with zero attached hydrogens (tertiary/aromatic N) is 4. The van der Waals surface area contributed by atoms with Gasteiger partial charge in [-0.25, -0.2) is 0 Å². The lowest BCUT2D eigenvalue weighted by Crippen LogP contribution is -2.40. The van der Waals surface area contributed by atoms with E-state index in [4.69, 9.17) is 0 Å². The number of hydrogen-bond donors (Lipinski definition) is 2. The summed E-state index contributed by atoms with van der Waals surface area (Å²) in [5, 5.41) is 11.3. The molecule has 1 heterocycles. The molecule has 0 bridgehead atoms. The average Bonchev–Trinajstić information content (AvgIpc) is 3.01. The third-order valence-electron chi connectivity index (χ3n) is 5.05. The topological polar surface area (TPSA) is 57.5 Å². The number of hydrogen-bond acceptors (Lipinski definition) is 3. The summed E-state index contributed by atoms with van der Waals surface area (Å²) in [7, 11) is 4.00. The lowest BCUT2D eigenvalue weighted by molar-refractivity contribution is 0.238. The molecule has 0 spiro atoms. The maximum Gasteiger partial charge on any atom is 0.190 e. The van der Waals surface area contributed by atoms with Crippen molar-refractivity contribution in [2.75, 3.05) is 27.2 Å². The van der Waals surface area contributed by atoms with Gasteiger partial charge >= 0.3 is 0 Å². The molecule has 2 aromatic rings. The smallest absolute Gasteiger partial charge is 0.190 e. The molecule has 0 aliphatic carbocycles. The van der Waals surface area contributed by atoms with Gasteiger partial charge in [0.25, 0.3) is 0 Å². The predicted molar refractivity (Wildman–Crippen MR) is 133 cm³/mol. The van der Waals surface area contributed by atoms with Crippen molar-refractivity contribution in [3.8, 4) is 0 Å². The van der Waals surface area contributed by atoms with Gasteiger partial charge in [-0.15, -0.1) is 24.0 Å². The van der Waals surface area contributed by atoms with Gasteiger partial charge in [0.15, 0.2) is 5.96 Å². The molecule has 0 aliphatic heterocycles. The number of aliphatic imine (C=N–C) groups is 1. The van der Waals surface area contributed by atoms with Crippen LogP contribution in [0.1, 0.15) is 36.7 Å². The Balaban J connectivity index is 0.00000420. The van der Waals surface area contributed by atoms with E-state index in [1.54, 1.807) is 0 Å². The lowest BCUT2D eigenvalue weighted by Gasteiger charge is -2.25. The van der Waals surface area contributed by atoms with Crippen LogP contribution in [-0.4, -0.2) is 53.9 Å². The predicted octanol–water partition coefficient (Wildman–Crippen LogP) is 3.58. The standard InChI is InChI=1S/C22H36N6.HI/c1-18-16-20(3)28(26-18)15-9-13-24-22(23-4)25-14-12-19(2)27(5)17-21-10-7-6-8-11-21;/h6-8,10-11,16,19H,9,12-15,17H2,1-5H3,(H2,23,24,25);1H. The highest BCUT2D eigenvalue weighted by atomic mass is 127. The highest BCUT2D eigenvalue weighted by molar-refractivity contribution is 14.0. The molecule has 7 heteroatoms. The van der Waals surface area contributed by atoms with Crippen LogP contribution >= 0.6 is 24.0 Å². The monoisotopic (exact) mass is 512 g/mol. The second-order valence-electron chi connectivity index (χ2n) is 7.47. The SMILES string of the molecule is CN=C(NCCCn1nc(C)cc1C)NCCC(C)N(C)Cc1ccccc1.I. The summed E-state index contributed by atoms with van der Waals surface area (Å²) in [6.45, 7) is 10.1. The Morgan fingerprint density at radius 1 is 1.17 bits per heavy atom. The fraction of sp³-hybridized carbons (Fsp3) is 0.545. The van der Waals surface area contributed by atoms with E-state index in [2.05, 4.69) is 87.6 Å². The van der Waals surface area contributed by atoms with Crippen molar-refractivity contribution in [3.63, 3.8) is 0 Å². The van der Waals surface area contributed by atoms with Crippen LogP contribution in [0.3, 0.4) is 0 Å². The van der Waals surface area contributed by atoms with E-state index in [1.807, 2.05) is 14.0 Å². The Kier molecular flexibility index (Phi) is 11.9. The number of guanidine groups is 1.